The fraction of sp³-hybridized carbons (Fsp3) is 0.250. The van der Waals surface area contributed by atoms with E-state index in [1.807, 2.05) is 0 Å². The van der Waals surface area contributed by atoms with E-state index >= 15 is 0 Å². The standard InChI is InChI=1S/C4H5NO2S/c6-4(7)3-1-2-8-5-3/h1-3,5H,(H,6,7). The Morgan fingerprint density at radius 1 is 1.88 bits per heavy atom. The molecular formula is C4H5NO2S. The van der Waals surface area contributed by atoms with Gasteiger partial charge < -0.3 is 5.11 Å². The van der Waals surface area contributed by atoms with Crippen LogP contribution in [0, 0.1) is 0 Å². The van der Waals surface area contributed by atoms with E-state index in [0.29, 0.717) is 0 Å². The van der Waals surface area contributed by atoms with Crippen molar-refractivity contribution in [1.82, 2.24) is 4.72 Å². The van der Waals surface area contributed by atoms with Crippen LogP contribution in [0.1, 0.15) is 0 Å². The minimum absolute atomic E-state index is 0.486. The lowest BCUT2D eigenvalue weighted by Crippen LogP contribution is -2.26. The molecule has 4 heteroatoms. The Bertz CT molecular complexity index is 134. The van der Waals surface area contributed by atoms with Crippen molar-refractivity contribution in [1.29, 1.82) is 0 Å². The molecule has 0 spiro atoms. The minimum Gasteiger partial charge on any atom is -0.480 e. The predicted molar refractivity (Wildman–Crippen MR) is 31.3 cm³/mol. The van der Waals surface area contributed by atoms with Crippen LogP contribution in [-0.4, -0.2) is 17.1 Å². The summed E-state index contributed by atoms with van der Waals surface area (Å²) in [6.07, 6.45) is 1.60. The molecular weight excluding hydrogens is 126 g/mol. The second-order valence-electron chi connectivity index (χ2n) is 1.38. The highest BCUT2D eigenvalue weighted by molar-refractivity contribution is 8.00. The molecule has 1 aliphatic rings. The lowest BCUT2D eigenvalue weighted by atomic mass is 10.3. The molecule has 0 aromatic heterocycles. The molecule has 1 heterocycles. The van der Waals surface area contributed by atoms with E-state index in [-0.39, 0.29) is 0 Å². The Hall–Kier alpha value is -0.480. The normalized spacial score (nSPS) is 26.2. The van der Waals surface area contributed by atoms with E-state index in [1.54, 1.807) is 11.5 Å². The summed E-state index contributed by atoms with van der Waals surface area (Å²) in [6.45, 7) is 0. The number of nitrogens with one attached hydrogen (secondary N) is 1. The maximum Gasteiger partial charge on any atom is 0.325 e. The number of carboxylic acids is 1. The molecule has 44 valence electrons. The first-order valence-corrected chi connectivity index (χ1v) is 2.99. The van der Waals surface area contributed by atoms with Gasteiger partial charge in [0.1, 0.15) is 6.04 Å². The molecule has 0 aromatic carbocycles. The Balaban J connectivity index is 2.48. The summed E-state index contributed by atoms with van der Waals surface area (Å²) >= 11 is 1.30. The lowest BCUT2D eigenvalue weighted by Gasteiger charge is -1.97. The van der Waals surface area contributed by atoms with E-state index < -0.39 is 12.0 Å². The van der Waals surface area contributed by atoms with Gasteiger partial charge >= 0.3 is 5.97 Å². The summed E-state index contributed by atoms with van der Waals surface area (Å²) in [7, 11) is 0. The van der Waals surface area contributed by atoms with Gasteiger partial charge in [-0.2, -0.15) is 0 Å². The third-order valence-electron chi connectivity index (χ3n) is 0.800. The molecule has 3 nitrogen and oxygen atoms in total. The van der Waals surface area contributed by atoms with Crippen molar-refractivity contribution in [2.45, 2.75) is 6.04 Å². The van der Waals surface area contributed by atoms with Crippen molar-refractivity contribution in [2.24, 2.45) is 0 Å². The van der Waals surface area contributed by atoms with Crippen molar-refractivity contribution < 1.29 is 9.90 Å². The number of rotatable bonds is 1. The van der Waals surface area contributed by atoms with E-state index in [0.717, 1.165) is 0 Å². The molecule has 0 fully saturated rings. The molecule has 0 radical (unpaired) electrons. The summed E-state index contributed by atoms with van der Waals surface area (Å²) in [5.74, 6) is -0.828. The Kier molecular flexibility index (Phi) is 1.55. The number of hydrogen-bond acceptors (Lipinski definition) is 3. The Morgan fingerprint density at radius 3 is 2.88 bits per heavy atom. The Morgan fingerprint density at radius 2 is 2.62 bits per heavy atom. The summed E-state index contributed by atoms with van der Waals surface area (Å²) < 4.78 is 2.66. The third-order valence-corrected chi connectivity index (χ3v) is 1.48. The smallest absolute Gasteiger partial charge is 0.325 e. The number of carbonyl (C=O) groups is 1. The van der Waals surface area contributed by atoms with Gasteiger partial charge in [-0.1, -0.05) is 11.9 Å². The fourth-order valence-electron chi connectivity index (χ4n) is 0.402. The molecule has 0 saturated carbocycles. The molecule has 0 bridgehead atoms. The zero-order valence-corrected chi connectivity index (χ0v) is 4.81. The zero-order valence-electron chi connectivity index (χ0n) is 4.00. The molecule has 1 rings (SSSR count). The van der Waals surface area contributed by atoms with Gasteiger partial charge in [0, 0.05) is 0 Å². The van der Waals surface area contributed by atoms with Crippen LogP contribution in [0.5, 0.6) is 0 Å². The van der Waals surface area contributed by atoms with Gasteiger partial charge in [0.25, 0.3) is 0 Å². The Labute approximate surface area is 50.9 Å². The predicted octanol–water partition coefficient (Wildman–Crippen LogP) is 0.205. The van der Waals surface area contributed by atoms with E-state index in [1.165, 1.54) is 11.9 Å². The van der Waals surface area contributed by atoms with E-state index in [4.69, 9.17) is 5.11 Å². The van der Waals surface area contributed by atoms with Gasteiger partial charge in [-0.15, -0.1) is 0 Å². The topological polar surface area (TPSA) is 49.3 Å². The first kappa shape index (κ1) is 5.65. The molecule has 0 saturated heterocycles. The van der Waals surface area contributed by atoms with E-state index in [9.17, 15) is 4.79 Å². The summed E-state index contributed by atoms with van der Waals surface area (Å²) in [5.41, 5.74) is 0. The molecule has 1 aliphatic heterocycles. The van der Waals surface area contributed by atoms with Gasteiger partial charge in [-0.05, 0) is 11.5 Å². The van der Waals surface area contributed by atoms with Crippen LogP contribution in [-0.2, 0) is 4.79 Å². The largest absolute Gasteiger partial charge is 0.480 e. The first-order chi connectivity index (χ1) is 3.80. The number of hydrogen-bond donors (Lipinski definition) is 2. The summed E-state index contributed by atoms with van der Waals surface area (Å²) in [5, 5.41) is 10.0. The summed E-state index contributed by atoms with van der Waals surface area (Å²) in [4.78, 5) is 10.1. The first-order valence-electron chi connectivity index (χ1n) is 2.11. The molecule has 8 heavy (non-hydrogen) atoms. The average molecular weight is 131 g/mol. The summed E-state index contributed by atoms with van der Waals surface area (Å²) in [6, 6.07) is -0.486. The maximum atomic E-state index is 10.1. The average Bonchev–Trinajstić information content (AvgIpc) is 2.12. The lowest BCUT2D eigenvalue weighted by molar-refractivity contribution is -0.137. The highest BCUT2D eigenvalue weighted by atomic mass is 32.2. The molecule has 0 aromatic rings. The monoisotopic (exact) mass is 131 g/mol. The van der Waals surface area contributed by atoms with Crippen molar-refractivity contribution in [3.63, 3.8) is 0 Å². The fourth-order valence-corrected chi connectivity index (χ4v) is 1.04. The van der Waals surface area contributed by atoms with Crippen molar-refractivity contribution >= 4 is 17.9 Å². The molecule has 1 atom stereocenters. The molecule has 0 amide bonds. The van der Waals surface area contributed by atoms with E-state index in [2.05, 4.69) is 4.72 Å². The molecule has 2 N–H and O–H groups in total. The number of aliphatic carboxylic acids is 1. The van der Waals surface area contributed by atoms with Crippen molar-refractivity contribution in [2.75, 3.05) is 0 Å². The van der Waals surface area contributed by atoms with Crippen LogP contribution in [0.3, 0.4) is 0 Å². The zero-order chi connectivity index (χ0) is 5.98. The maximum absolute atomic E-state index is 10.1. The minimum atomic E-state index is -0.828. The van der Waals surface area contributed by atoms with Crippen molar-refractivity contribution in [3.8, 4) is 0 Å². The molecule has 1 unspecified atom stereocenters. The van der Waals surface area contributed by atoms with Crippen molar-refractivity contribution in [3.05, 3.63) is 11.5 Å². The third kappa shape index (κ3) is 1.02. The van der Waals surface area contributed by atoms with Gasteiger partial charge in [0.05, 0.1) is 0 Å². The highest BCUT2D eigenvalue weighted by Crippen LogP contribution is 2.08. The second-order valence-corrected chi connectivity index (χ2v) is 2.12. The quantitative estimate of drug-likeness (QED) is 0.499. The highest BCUT2D eigenvalue weighted by Gasteiger charge is 2.15. The van der Waals surface area contributed by atoms with Crippen LogP contribution in [0.2, 0.25) is 0 Å². The second kappa shape index (κ2) is 2.19. The van der Waals surface area contributed by atoms with Gasteiger partial charge in [-0.3, -0.25) is 4.79 Å². The van der Waals surface area contributed by atoms with Crippen LogP contribution in [0.15, 0.2) is 11.5 Å². The van der Waals surface area contributed by atoms with Crippen LogP contribution < -0.4 is 4.72 Å². The van der Waals surface area contributed by atoms with Crippen LogP contribution in [0.25, 0.3) is 0 Å². The van der Waals surface area contributed by atoms with Gasteiger partial charge in [-0.25, -0.2) is 4.72 Å². The van der Waals surface area contributed by atoms with Crippen LogP contribution >= 0.6 is 11.9 Å². The van der Waals surface area contributed by atoms with Crippen LogP contribution in [0.4, 0.5) is 0 Å². The van der Waals surface area contributed by atoms with Gasteiger partial charge in [0.2, 0.25) is 0 Å². The number of carboxylic acid groups (broad SMARTS) is 1. The molecule has 0 aliphatic carbocycles. The SMILES string of the molecule is O=C(O)C1C=CSN1. The van der Waals surface area contributed by atoms with Gasteiger partial charge in [0.15, 0.2) is 0 Å².